The van der Waals surface area contributed by atoms with Gasteiger partial charge in [-0.15, -0.1) is 11.5 Å². The third-order valence-electron chi connectivity index (χ3n) is 11.0. The van der Waals surface area contributed by atoms with E-state index in [1.54, 1.807) is 0 Å². The lowest BCUT2D eigenvalue weighted by Gasteiger charge is -2.39. The van der Waals surface area contributed by atoms with E-state index in [1.165, 1.54) is 0 Å². The smallest absolute Gasteiger partial charge is 0.403 e. The summed E-state index contributed by atoms with van der Waals surface area (Å²) in [4.78, 5) is 0. The van der Waals surface area contributed by atoms with E-state index in [2.05, 4.69) is 129 Å². The van der Waals surface area contributed by atoms with Crippen molar-refractivity contribution in [3.05, 3.63) is 0 Å². The zero-order valence-electron chi connectivity index (χ0n) is 26.7. The average Bonchev–Trinajstić information content (AvgIpc) is 2.96. The molecule has 0 N–H and O–H groups in total. The molecule has 0 amide bonds. The highest BCUT2D eigenvalue weighted by Crippen LogP contribution is 2.45. The Morgan fingerprint density at radius 1 is 0.543 bits per heavy atom. The van der Waals surface area contributed by atoms with E-state index in [0.29, 0.717) is 57.9 Å². The van der Waals surface area contributed by atoms with Gasteiger partial charge in [0.15, 0.2) is 0 Å². The molecule has 1 fully saturated rings. The van der Waals surface area contributed by atoms with Gasteiger partial charge in [-0.1, -0.05) is 90.0 Å². The van der Waals surface area contributed by atoms with Gasteiger partial charge >= 0.3 is 7.12 Å². The van der Waals surface area contributed by atoms with Crippen molar-refractivity contribution in [3.63, 3.8) is 0 Å². The first-order valence-electron chi connectivity index (χ1n) is 14.6. The van der Waals surface area contributed by atoms with Crippen LogP contribution < -0.4 is 0 Å². The van der Waals surface area contributed by atoms with Crippen molar-refractivity contribution in [2.45, 2.75) is 151 Å². The van der Waals surface area contributed by atoms with Gasteiger partial charge in [0.05, 0.1) is 11.2 Å². The van der Waals surface area contributed by atoms with Gasteiger partial charge in [0.25, 0.3) is 0 Å². The van der Waals surface area contributed by atoms with Crippen LogP contribution in [0.3, 0.4) is 0 Å². The molecule has 4 heteroatoms. The Kier molecular flexibility index (Phi) is 11.3. The first-order valence-corrected chi connectivity index (χ1v) is 16.9. The van der Waals surface area contributed by atoms with Crippen molar-refractivity contribution in [1.82, 2.24) is 0 Å². The molecule has 1 heterocycles. The first kappa shape index (κ1) is 32.8. The van der Waals surface area contributed by atoms with Gasteiger partial charge in [0.1, 0.15) is 8.07 Å². The molecule has 0 bridgehead atoms. The molecule has 35 heavy (non-hydrogen) atoms. The highest BCUT2D eigenvalue weighted by atomic mass is 28.3. The Bertz CT molecular complexity index is 694. The van der Waals surface area contributed by atoms with Crippen LogP contribution in [0.1, 0.15) is 118 Å². The molecule has 1 saturated heterocycles. The van der Waals surface area contributed by atoms with Crippen molar-refractivity contribution in [3.8, 4) is 11.5 Å². The summed E-state index contributed by atoms with van der Waals surface area (Å²) < 4.78 is 12.8. The molecule has 0 aromatic heterocycles. The maximum Gasteiger partial charge on any atom is 0.461 e. The summed E-state index contributed by atoms with van der Waals surface area (Å²) in [6.45, 7) is 39.9. The summed E-state index contributed by atoms with van der Waals surface area (Å²) in [5, 5.41) is 0. The molecule has 1 rings (SSSR count). The normalized spacial score (nSPS) is 24.1. The summed E-state index contributed by atoms with van der Waals surface area (Å²) in [6.07, 6.45) is 0. The second kappa shape index (κ2) is 12.1. The highest BCUT2D eigenvalue weighted by molar-refractivity contribution is 6.90. The van der Waals surface area contributed by atoms with Crippen LogP contribution in [0.4, 0.5) is 0 Å². The van der Waals surface area contributed by atoms with E-state index in [9.17, 15) is 0 Å². The minimum Gasteiger partial charge on any atom is -0.403 e. The fraction of sp³-hybridized carbons (Fsp3) is 0.935. The Morgan fingerprint density at radius 3 is 1.26 bits per heavy atom. The lowest BCUT2D eigenvalue weighted by molar-refractivity contribution is 0.00578. The molecule has 2 nitrogen and oxygen atoms in total. The first-order chi connectivity index (χ1) is 15.7. The van der Waals surface area contributed by atoms with Crippen LogP contribution in [0.2, 0.25) is 22.4 Å². The average molecular weight is 505 g/mol. The molecule has 1 aliphatic rings. The molecule has 0 aromatic carbocycles. The quantitative estimate of drug-likeness (QED) is 0.218. The highest BCUT2D eigenvalue weighted by Gasteiger charge is 2.54. The largest absolute Gasteiger partial charge is 0.461 e. The van der Waals surface area contributed by atoms with Gasteiger partial charge in [-0.2, -0.15) is 0 Å². The van der Waals surface area contributed by atoms with Crippen molar-refractivity contribution in [2.24, 2.45) is 35.5 Å². The van der Waals surface area contributed by atoms with Crippen LogP contribution >= 0.6 is 0 Å². The van der Waals surface area contributed by atoms with Crippen molar-refractivity contribution in [2.75, 3.05) is 0 Å². The summed E-state index contributed by atoms with van der Waals surface area (Å²) >= 11 is 0. The van der Waals surface area contributed by atoms with Gasteiger partial charge in [0.2, 0.25) is 0 Å². The fourth-order valence-corrected chi connectivity index (χ4v) is 11.9. The van der Waals surface area contributed by atoms with Gasteiger partial charge in [0, 0.05) is 5.92 Å². The molecule has 0 unspecified atom stereocenters. The SMILES string of the molecule is CC(C)[Si](C#C[C@H](C)[C@@H](C)[C@H](C)[C@@H](C)[C@H](C)[C@@H](C)[C@H](C)B1OC(C)(C)C(C)(C)O1)(C(C)C)C(C)C. The minimum atomic E-state index is -1.68. The lowest BCUT2D eigenvalue weighted by Crippen LogP contribution is -2.43. The van der Waals surface area contributed by atoms with Crippen LogP contribution in [-0.4, -0.2) is 26.4 Å². The maximum atomic E-state index is 6.41. The molecule has 0 spiro atoms. The number of hydrogen-bond donors (Lipinski definition) is 0. The van der Waals surface area contributed by atoms with Crippen molar-refractivity contribution < 1.29 is 9.31 Å². The zero-order chi connectivity index (χ0) is 27.7. The van der Waals surface area contributed by atoms with E-state index in [-0.39, 0.29) is 18.3 Å². The van der Waals surface area contributed by atoms with Gasteiger partial charge < -0.3 is 9.31 Å². The molecule has 0 aromatic rings. The second-order valence-electron chi connectivity index (χ2n) is 14.2. The van der Waals surface area contributed by atoms with Crippen molar-refractivity contribution >= 4 is 15.2 Å². The summed E-state index contributed by atoms with van der Waals surface area (Å²) in [6, 6.07) is 0. The molecule has 0 radical (unpaired) electrons. The molecule has 7 atom stereocenters. The Balaban J connectivity index is 2.97. The summed E-state index contributed by atoms with van der Waals surface area (Å²) in [7, 11) is -1.82. The molecule has 1 aliphatic heterocycles. The minimum absolute atomic E-state index is 0.136. The Hall–Kier alpha value is -0.238. The number of rotatable bonds is 10. The number of hydrogen-bond acceptors (Lipinski definition) is 2. The van der Waals surface area contributed by atoms with Crippen LogP contribution in [-0.2, 0) is 9.31 Å². The molecule has 204 valence electrons. The zero-order valence-corrected chi connectivity index (χ0v) is 27.7. The maximum absolute atomic E-state index is 6.41. The Morgan fingerprint density at radius 2 is 0.886 bits per heavy atom. The molecular formula is C31H61BO2Si. The predicted octanol–water partition coefficient (Wildman–Crippen LogP) is 9.51. The van der Waals surface area contributed by atoms with Crippen LogP contribution in [0.15, 0.2) is 0 Å². The summed E-state index contributed by atoms with van der Waals surface area (Å²) in [5.74, 6) is 7.47. The van der Waals surface area contributed by atoms with Crippen molar-refractivity contribution in [1.29, 1.82) is 0 Å². The standard InChI is InChI=1S/C31H61BO2Si/c1-20(2)35(21(3)4,22(5)6)19-18-23(7)24(8)25(9)26(10)27(11)28(12)29(13)32-33-30(14,15)31(16,17)34-32/h20-29H,1-17H3/t23-,24+,25-,26+,27-,28+,29-/m0/s1. The van der Waals surface area contributed by atoms with E-state index < -0.39 is 8.07 Å². The predicted molar refractivity (Wildman–Crippen MR) is 159 cm³/mol. The molecule has 0 aliphatic carbocycles. The monoisotopic (exact) mass is 504 g/mol. The van der Waals surface area contributed by atoms with E-state index >= 15 is 0 Å². The fourth-order valence-electron chi connectivity index (χ4n) is 6.53. The van der Waals surface area contributed by atoms with E-state index in [1.807, 2.05) is 0 Å². The topological polar surface area (TPSA) is 18.5 Å². The van der Waals surface area contributed by atoms with E-state index in [0.717, 1.165) is 0 Å². The van der Waals surface area contributed by atoms with Gasteiger partial charge in [-0.3, -0.25) is 0 Å². The molecule has 0 saturated carbocycles. The van der Waals surface area contributed by atoms with Crippen LogP contribution in [0, 0.1) is 47.0 Å². The van der Waals surface area contributed by atoms with E-state index in [4.69, 9.17) is 9.31 Å². The Labute approximate surface area is 222 Å². The van der Waals surface area contributed by atoms with Crippen LogP contribution in [0.25, 0.3) is 0 Å². The molecular weight excluding hydrogens is 443 g/mol. The third kappa shape index (κ3) is 6.80. The third-order valence-corrected chi connectivity index (χ3v) is 17.3. The van der Waals surface area contributed by atoms with Crippen LogP contribution in [0.5, 0.6) is 0 Å². The van der Waals surface area contributed by atoms with Gasteiger partial charge in [-0.05, 0) is 79.7 Å². The van der Waals surface area contributed by atoms with Gasteiger partial charge in [-0.25, -0.2) is 0 Å². The summed E-state index contributed by atoms with van der Waals surface area (Å²) in [5.41, 5.74) is 5.51. The lowest BCUT2D eigenvalue weighted by atomic mass is 9.60. The second-order valence-corrected chi connectivity index (χ2v) is 19.8.